The third kappa shape index (κ3) is 25.3. The molecule has 1 rings (SSSR count). The Morgan fingerprint density at radius 1 is 0.458 bits per heavy atom. The quantitative estimate of drug-likeness (QED) is 0.0444. The first-order chi connectivity index (χ1) is 27.4. The fraction of sp³-hybridized carbons (Fsp3) is 0.868. The summed E-state index contributed by atoms with van der Waals surface area (Å²) in [4.78, 5) is 12.6. The van der Waals surface area contributed by atoms with Gasteiger partial charge in [0.15, 0.2) is 0 Å². The highest BCUT2D eigenvalue weighted by atomic mass is 32.2. The van der Waals surface area contributed by atoms with Crippen LogP contribution in [0.2, 0.25) is 0 Å². The highest BCUT2D eigenvalue weighted by Gasteiger charge is 2.26. The minimum Gasteiger partial charge on any atom is -0.426 e. The lowest BCUT2D eigenvalue weighted by atomic mass is 9.78. The van der Waals surface area contributed by atoms with E-state index >= 15 is 0 Å². The molecule has 0 aliphatic carbocycles. The van der Waals surface area contributed by atoms with Crippen molar-refractivity contribution >= 4 is 16.1 Å². The molecular formula is C53H98O5S. The first kappa shape index (κ1) is 55.6. The van der Waals surface area contributed by atoms with Crippen molar-refractivity contribution in [1.82, 2.24) is 0 Å². The Kier molecular flexibility index (Phi) is 26.7. The maximum Gasteiger partial charge on any atom is 0.314 e. The number of benzene rings is 1. The molecule has 0 bridgehead atoms. The predicted octanol–water partition coefficient (Wildman–Crippen LogP) is 16.3. The fourth-order valence-electron chi connectivity index (χ4n) is 12.0. The summed E-state index contributed by atoms with van der Waals surface area (Å²) < 4.78 is 37.3. The second-order valence-electron chi connectivity index (χ2n) is 22.4. The van der Waals surface area contributed by atoms with Gasteiger partial charge in [-0.05, 0) is 191 Å². The molecule has 0 aliphatic rings. The average molecular weight is 847 g/mol. The van der Waals surface area contributed by atoms with Gasteiger partial charge in [0.25, 0.3) is 10.1 Å². The van der Waals surface area contributed by atoms with Gasteiger partial charge in [0, 0.05) is 0 Å². The van der Waals surface area contributed by atoms with Crippen LogP contribution in [-0.4, -0.2) is 18.9 Å². The van der Waals surface area contributed by atoms with Crippen molar-refractivity contribution in [2.24, 2.45) is 88.8 Å². The summed E-state index contributed by atoms with van der Waals surface area (Å²) in [6.07, 6.45) is 19.7. The van der Waals surface area contributed by atoms with Gasteiger partial charge < -0.3 is 4.74 Å². The SMILES string of the molecule is CCCC(C)CC(C)CC(C)CC(C)CC(C)CC(C)CC(C)CC(C)CC(C)CC(C)CC(C)CC(C)CC(C)CC(C)C(C)C(=O)Oc1ccc(S(=O)(=O)O)cc1. The van der Waals surface area contributed by atoms with E-state index in [1.165, 1.54) is 108 Å². The molecule has 1 N–H and O–H groups in total. The van der Waals surface area contributed by atoms with Crippen LogP contribution in [0.4, 0.5) is 0 Å². The summed E-state index contributed by atoms with van der Waals surface area (Å²) in [5, 5.41) is 0. The third-order valence-corrected chi connectivity index (χ3v) is 14.6. The molecule has 0 radical (unpaired) electrons. The third-order valence-electron chi connectivity index (χ3n) is 13.8. The Bertz CT molecular complexity index is 1360. The Labute approximate surface area is 367 Å². The van der Waals surface area contributed by atoms with E-state index in [4.69, 9.17) is 4.74 Å². The van der Waals surface area contributed by atoms with Crippen molar-refractivity contribution in [2.45, 2.75) is 212 Å². The summed E-state index contributed by atoms with van der Waals surface area (Å²) in [6, 6.07) is 5.28. The van der Waals surface area contributed by atoms with Crippen LogP contribution in [0.3, 0.4) is 0 Å². The summed E-state index contributed by atoms with van der Waals surface area (Å²) in [5.74, 6) is 9.86. The molecule has 15 atom stereocenters. The zero-order valence-corrected chi connectivity index (χ0v) is 42.4. The minimum absolute atomic E-state index is 0.166. The van der Waals surface area contributed by atoms with E-state index < -0.39 is 10.1 Å². The summed E-state index contributed by atoms with van der Waals surface area (Å²) in [7, 11) is -4.28. The molecule has 346 valence electrons. The van der Waals surface area contributed by atoms with Crippen LogP contribution in [0.5, 0.6) is 5.75 Å². The van der Waals surface area contributed by atoms with Crippen LogP contribution in [0, 0.1) is 88.8 Å². The first-order valence-corrected chi connectivity index (χ1v) is 26.1. The Morgan fingerprint density at radius 3 is 0.966 bits per heavy atom. The molecule has 0 aromatic heterocycles. The number of carbonyl (C=O) groups is 1. The van der Waals surface area contributed by atoms with Crippen LogP contribution in [0.15, 0.2) is 29.2 Å². The van der Waals surface area contributed by atoms with Crippen molar-refractivity contribution in [2.75, 3.05) is 0 Å². The molecule has 59 heavy (non-hydrogen) atoms. The highest BCUT2D eigenvalue weighted by molar-refractivity contribution is 7.85. The Balaban J connectivity index is 2.36. The van der Waals surface area contributed by atoms with Gasteiger partial charge in [-0.3, -0.25) is 9.35 Å². The van der Waals surface area contributed by atoms with Crippen LogP contribution < -0.4 is 4.74 Å². The molecule has 1 aromatic rings. The number of esters is 1. The van der Waals surface area contributed by atoms with Crippen molar-refractivity contribution in [3.8, 4) is 5.75 Å². The van der Waals surface area contributed by atoms with Gasteiger partial charge in [0.1, 0.15) is 5.75 Å². The van der Waals surface area contributed by atoms with Crippen LogP contribution in [-0.2, 0) is 14.9 Å². The highest BCUT2D eigenvalue weighted by Crippen LogP contribution is 2.34. The molecule has 0 heterocycles. The van der Waals surface area contributed by atoms with E-state index in [0.29, 0.717) is 17.8 Å². The van der Waals surface area contributed by atoms with E-state index in [1.54, 1.807) is 0 Å². The number of carbonyl (C=O) groups excluding carboxylic acids is 1. The molecule has 5 nitrogen and oxygen atoms in total. The Morgan fingerprint density at radius 2 is 0.712 bits per heavy atom. The lowest BCUT2D eigenvalue weighted by Crippen LogP contribution is -2.25. The molecular weight excluding hydrogens is 749 g/mol. The van der Waals surface area contributed by atoms with Gasteiger partial charge in [-0.15, -0.1) is 0 Å². The average Bonchev–Trinajstić information content (AvgIpc) is 3.06. The molecule has 0 fully saturated rings. The lowest BCUT2D eigenvalue weighted by molar-refractivity contribution is -0.140. The van der Waals surface area contributed by atoms with E-state index in [0.717, 1.165) is 72.0 Å². The summed E-state index contributed by atoms with van der Waals surface area (Å²) in [5.41, 5.74) is 0. The van der Waals surface area contributed by atoms with E-state index in [9.17, 15) is 17.8 Å². The second-order valence-corrected chi connectivity index (χ2v) is 23.8. The van der Waals surface area contributed by atoms with Gasteiger partial charge in [-0.25, -0.2) is 0 Å². The molecule has 6 heteroatoms. The number of rotatable bonds is 32. The van der Waals surface area contributed by atoms with Gasteiger partial charge in [0.05, 0.1) is 10.8 Å². The van der Waals surface area contributed by atoms with Crippen molar-refractivity contribution < 1.29 is 22.5 Å². The van der Waals surface area contributed by atoms with Crippen molar-refractivity contribution in [1.29, 1.82) is 0 Å². The van der Waals surface area contributed by atoms with Crippen molar-refractivity contribution in [3.05, 3.63) is 24.3 Å². The zero-order chi connectivity index (χ0) is 45.0. The van der Waals surface area contributed by atoms with Crippen molar-refractivity contribution in [3.63, 3.8) is 0 Å². The second kappa shape index (κ2) is 28.3. The van der Waals surface area contributed by atoms with E-state index in [1.807, 2.05) is 6.92 Å². The molecule has 0 saturated carbocycles. The number of hydrogen-bond acceptors (Lipinski definition) is 4. The summed E-state index contributed by atoms with van der Waals surface area (Å²) >= 11 is 0. The predicted molar refractivity (Wildman–Crippen MR) is 254 cm³/mol. The zero-order valence-electron chi connectivity index (χ0n) is 41.6. The summed E-state index contributed by atoms with van der Waals surface area (Å²) in [6.45, 7) is 38.4. The molecule has 0 spiro atoms. The minimum atomic E-state index is -4.28. The van der Waals surface area contributed by atoms with Gasteiger partial charge in [-0.2, -0.15) is 8.42 Å². The molecule has 0 saturated heterocycles. The molecule has 1 aromatic carbocycles. The fourth-order valence-corrected chi connectivity index (χ4v) is 12.4. The molecule has 0 amide bonds. The molecule has 15 unspecified atom stereocenters. The van der Waals surface area contributed by atoms with Crippen LogP contribution >= 0.6 is 0 Å². The standard InChI is InChI=1S/C53H98O5S/c1-17-18-36(2)23-37(3)24-38(4)25-39(5)26-40(6)27-41(7)28-42(8)29-43(9)30-44(10)31-45(11)32-46(12)33-47(13)34-48(14)35-49(15)50(16)53(54)58-51-19-21-52(22-20-51)59(55,56)57/h19-22,36-50H,17-18,23-35H2,1-16H3,(H,55,56,57). The van der Waals surface area contributed by atoms with Crippen LogP contribution in [0.25, 0.3) is 0 Å². The Hall–Kier alpha value is -1.40. The van der Waals surface area contributed by atoms with E-state index in [-0.39, 0.29) is 28.5 Å². The molecule has 0 aliphatic heterocycles. The lowest BCUT2D eigenvalue weighted by Gasteiger charge is -2.27. The van der Waals surface area contributed by atoms with Gasteiger partial charge in [0.2, 0.25) is 0 Å². The monoisotopic (exact) mass is 847 g/mol. The maximum atomic E-state index is 12.8. The smallest absolute Gasteiger partial charge is 0.314 e. The largest absolute Gasteiger partial charge is 0.426 e. The van der Waals surface area contributed by atoms with Crippen LogP contribution in [0.1, 0.15) is 207 Å². The normalized spacial score (nSPS) is 20.2. The number of ether oxygens (including phenoxy) is 1. The van der Waals surface area contributed by atoms with Gasteiger partial charge in [-0.1, -0.05) is 124 Å². The first-order valence-electron chi connectivity index (χ1n) is 24.7. The maximum absolute atomic E-state index is 12.8. The van der Waals surface area contributed by atoms with E-state index in [2.05, 4.69) is 104 Å². The topological polar surface area (TPSA) is 80.7 Å². The number of hydrogen-bond donors (Lipinski definition) is 1. The van der Waals surface area contributed by atoms with Gasteiger partial charge >= 0.3 is 5.97 Å².